The van der Waals surface area contributed by atoms with Crippen LogP contribution in [0.3, 0.4) is 0 Å². The molecule has 0 amide bonds. The summed E-state index contributed by atoms with van der Waals surface area (Å²) in [5, 5.41) is 8.91. The van der Waals surface area contributed by atoms with Gasteiger partial charge in [-0.1, -0.05) is 12.8 Å². The number of rotatable bonds is 3. The van der Waals surface area contributed by atoms with Crippen LogP contribution >= 0.6 is 0 Å². The summed E-state index contributed by atoms with van der Waals surface area (Å²) in [7, 11) is 0. The zero-order valence-electron chi connectivity index (χ0n) is 8.04. The quantitative estimate of drug-likeness (QED) is 0.666. The van der Waals surface area contributed by atoms with E-state index in [0.717, 1.165) is 25.4 Å². The van der Waals surface area contributed by atoms with Crippen molar-refractivity contribution in [2.75, 3.05) is 6.61 Å². The van der Waals surface area contributed by atoms with Gasteiger partial charge in [0.05, 0.1) is 18.1 Å². The lowest BCUT2D eigenvalue weighted by atomic mass is 9.87. The van der Waals surface area contributed by atoms with E-state index >= 15 is 0 Å². The molecule has 0 aromatic heterocycles. The molecule has 2 nitrogen and oxygen atoms in total. The molecule has 0 bridgehead atoms. The third-order valence-corrected chi connectivity index (χ3v) is 3.11. The van der Waals surface area contributed by atoms with Crippen LogP contribution < -0.4 is 0 Å². The highest BCUT2D eigenvalue weighted by atomic mass is 16.5. The smallest absolute Gasteiger partial charge is 0.0733 e. The van der Waals surface area contributed by atoms with E-state index in [-0.39, 0.29) is 12.0 Å². The monoisotopic (exact) mass is 179 g/mol. The van der Waals surface area contributed by atoms with E-state index in [1.807, 2.05) is 0 Å². The first kappa shape index (κ1) is 9.02. The molecule has 72 valence electrons. The first-order valence-corrected chi connectivity index (χ1v) is 5.41. The van der Waals surface area contributed by atoms with Crippen LogP contribution in [0.1, 0.15) is 38.5 Å². The van der Waals surface area contributed by atoms with Gasteiger partial charge in [0, 0.05) is 6.61 Å². The van der Waals surface area contributed by atoms with Gasteiger partial charge in [0.25, 0.3) is 0 Å². The lowest BCUT2D eigenvalue weighted by Gasteiger charge is -2.26. The minimum absolute atomic E-state index is 0.174. The largest absolute Gasteiger partial charge is 0.377 e. The molecule has 13 heavy (non-hydrogen) atoms. The molecule has 2 aliphatic carbocycles. The number of ether oxygens (including phenoxy) is 1. The maximum atomic E-state index is 8.91. The van der Waals surface area contributed by atoms with Gasteiger partial charge in [-0.25, -0.2) is 0 Å². The average molecular weight is 179 g/mol. The molecule has 2 aliphatic rings. The first-order chi connectivity index (χ1) is 6.40. The highest BCUT2D eigenvalue weighted by molar-refractivity contribution is 4.92. The molecule has 2 unspecified atom stereocenters. The van der Waals surface area contributed by atoms with Crippen molar-refractivity contribution in [1.82, 2.24) is 0 Å². The fourth-order valence-corrected chi connectivity index (χ4v) is 1.99. The summed E-state index contributed by atoms with van der Waals surface area (Å²) in [5.74, 6) is 0.994. The van der Waals surface area contributed by atoms with Crippen molar-refractivity contribution in [2.45, 2.75) is 44.6 Å². The lowest BCUT2D eigenvalue weighted by Crippen LogP contribution is -2.27. The van der Waals surface area contributed by atoms with Gasteiger partial charge in [0.2, 0.25) is 0 Å². The molecule has 0 heterocycles. The van der Waals surface area contributed by atoms with E-state index in [4.69, 9.17) is 10.00 Å². The molecule has 2 saturated carbocycles. The molecule has 0 radical (unpaired) electrons. The molecule has 2 heteroatoms. The number of nitrogens with zero attached hydrogens (tertiary/aromatic N) is 1. The maximum absolute atomic E-state index is 8.91. The van der Waals surface area contributed by atoms with E-state index in [0.29, 0.717) is 0 Å². The second-order valence-electron chi connectivity index (χ2n) is 4.34. The standard InChI is InChI=1S/C11H17NO/c12-7-10-3-1-2-4-11(10)13-8-9-5-6-9/h9-11H,1-6,8H2. The van der Waals surface area contributed by atoms with Gasteiger partial charge in [-0.2, -0.15) is 5.26 Å². The second kappa shape index (κ2) is 4.11. The van der Waals surface area contributed by atoms with E-state index < -0.39 is 0 Å². The lowest BCUT2D eigenvalue weighted by molar-refractivity contribution is 0.000493. The Balaban J connectivity index is 1.76. The van der Waals surface area contributed by atoms with Gasteiger partial charge in [0.15, 0.2) is 0 Å². The Hall–Kier alpha value is -0.550. The Morgan fingerprint density at radius 2 is 1.92 bits per heavy atom. The molecule has 2 fully saturated rings. The van der Waals surface area contributed by atoms with E-state index in [9.17, 15) is 0 Å². The predicted molar refractivity (Wildman–Crippen MR) is 50.0 cm³/mol. The molecule has 0 saturated heterocycles. The predicted octanol–water partition coefficient (Wildman–Crippen LogP) is 2.50. The summed E-state index contributed by atoms with van der Waals surface area (Å²) in [6.07, 6.45) is 7.53. The van der Waals surface area contributed by atoms with Crippen molar-refractivity contribution in [2.24, 2.45) is 11.8 Å². The van der Waals surface area contributed by atoms with Crippen molar-refractivity contribution in [1.29, 1.82) is 5.26 Å². The van der Waals surface area contributed by atoms with Gasteiger partial charge >= 0.3 is 0 Å². The summed E-state index contributed by atoms with van der Waals surface area (Å²) in [6.45, 7) is 0.906. The molecule has 2 rings (SSSR count). The van der Waals surface area contributed by atoms with Crippen molar-refractivity contribution in [3.8, 4) is 6.07 Å². The van der Waals surface area contributed by atoms with E-state index in [1.165, 1.54) is 25.7 Å². The molecule has 2 atom stereocenters. The fraction of sp³-hybridized carbons (Fsp3) is 0.909. The number of nitriles is 1. The molecule has 0 aliphatic heterocycles. The van der Waals surface area contributed by atoms with Crippen molar-refractivity contribution >= 4 is 0 Å². The molecular formula is C11H17NO. The van der Waals surface area contributed by atoms with Crippen LogP contribution in [-0.2, 0) is 4.74 Å². The third-order valence-electron chi connectivity index (χ3n) is 3.11. The van der Waals surface area contributed by atoms with Gasteiger partial charge < -0.3 is 4.74 Å². The van der Waals surface area contributed by atoms with Gasteiger partial charge in [-0.15, -0.1) is 0 Å². The Bertz CT molecular complexity index is 205. The van der Waals surface area contributed by atoms with Crippen LogP contribution in [0.15, 0.2) is 0 Å². The Morgan fingerprint density at radius 3 is 2.62 bits per heavy atom. The number of hydrogen-bond donors (Lipinski definition) is 0. The van der Waals surface area contributed by atoms with Crippen LogP contribution in [0.4, 0.5) is 0 Å². The topological polar surface area (TPSA) is 33.0 Å². The van der Waals surface area contributed by atoms with E-state index in [1.54, 1.807) is 0 Å². The summed E-state index contributed by atoms with van der Waals surface area (Å²) in [4.78, 5) is 0. The molecule has 0 spiro atoms. The zero-order chi connectivity index (χ0) is 9.10. The van der Waals surface area contributed by atoms with Gasteiger partial charge in [-0.3, -0.25) is 0 Å². The average Bonchev–Trinajstić information content (AvgIpc) is 2.99. The first-order valence-electron chi connectivity index (χ1n) is 5.41. The summed E-state index contributed by atoms with van der Waals surface area (Å²) < 4.78 is 5.79. The summed E-state index contributed by atoms with van der Waals surface area (Å²) >= 11 is 0. The van der Waals surface area contributed by atoms with Crippen LogP contribution in [0.25, 0.3) is 0 Å². The van der Waals surface area contributed by atoms with Crippen LogP contribution in [0.5, 0.6) is 0 Å². The minimum Gasteiger partial charge on any atom is -0.377 e. The molecule has 0 aromatic rings. The van der Waals surface area contributed by atoms with Gasteiger partial charge in [-0.05, 0) is 31.6 Å². The highest BCUT2D eigenvalue weighted by Gasteiger charge is 2.28. The normalized spacial score (nSPS) is 34.1. The van der Waals surface area contributed by atoms with E-state index in [2.05, 4.69) is 6.07 Å². The summed E-state index contributed by atoms with van der Waals surface area (Å²) in [5.41, 5.74) is 0. The third kappa shape index (κ3) is 2.45. The van der Waals surface area contributed by atoms with Crippen molar-refractivity contribution < 1.29 is 4.74 Å². The Morgan fingerprint density at radius 1 is 1.15 bits per heavy atom. The van der Waals surface area contributed by atoms with Crippen LogP contribution in [0, 0.1) is 23.2 Å². The van der Waals surface area contributed by atoms with Gasteiger partial charge in [0.1, 0.15) is 0 Å². The number of hydrogen-bond acceptors (Lipinski definition) is 2. The summed E-state index contributed by atoms with van der Waals surface area (Å²) in [6, 6.07) is 2.37. The molecular weight excluding hydrogens is 162 g/mol. The minimum atomic E-state index is 0.174. The van der Waals surface area contributed by atoms with Crippen molar-refractivity contribution in [3.05, 3.63) is 0 Å². The highest BCUT2D eigenvalue weighted by Crippen LogP contribution is 2.32. The maximum Gasteiger partial charge on any atom is 0.0733 e. The fourth-order valence-electron chi connectivity index (χ4n) is 1.99. The molecule has 0 aromatic carbocycles. The zero-order valence-corrected chi connectivity index (χ0v) is 8.04. The Kier molecular flexibility index (Phi) is 2.85. The SMILES string of the molecule is N#CC1CCCCC1OCC1CC1. The van der Waals surface area contributed by atoms with Crippen LogP contribution in [0.2, 0.25) is 0 Å². The van der Waals surface area contributed by atoms with Crippen LogP contribution in [-0.4, -0.2) is 12.7 Å². The Labute approximate surface area is 79.9 Å². The van der Waals surface area contributed by atoms with Crippen molar-refractivity contribution in [3.63, 3.8) is 0 Å². The second-order valence-corrected chi connectivity index (χ2v) is 4.34. The molecule has 0 N–H and O–H groups in total.